The lowest BCUT2D eigenvalue weighted by Gasteiger charge is -2.21. The molecule has 0 spiro atoms. The Morgan fingerprint density at radius 2 is 2.00 bits per heavy atom. The Balaban J connectivity index is 2.56. The first-order valence-electron chi connectivity index (χ1n) is 4.95. The van der Waals surface area contributed by atoms with Crippen molar-refractivity contribution in [2.75, 3.05) is 6.61 Å². The fraction of sp³-hybridized carbons (Fsp3) is 0.500. The maximum atomic E-state index is 6.31. The number of ether oxygens (including phenoxy) is 1. The van der Waals surface area contributed by atoms with Crippen LogP contribution in [0.4, 0.5) is 0 Å². The molecule has 1 heterocycles. The van der Waals surface area contributed by atoms with E-state index in [1.807, 2.05) is 0 Å². The van der Waals surface area contributed by atoms with E-state index >= 15 is 0 Å². The highest BCUT2D eigenvalue weighted by Crippen LogP contribution is 2.40. The zero-order chi connectivity index (χ0) is 10.3. The highest BCUT2D eigenvalue weighted by atomic mass is 35.5. The average Bonchev–Trinajstić information content (AvgIpc) is 2.50. The highest BCUT2D eigenvalue weighted by Gasteiger charge is 2.24. The van der Waals surface area contributed by atoms with Crippen LogP contribution in [0, 0.1) is 0 Å². The molecule has 1 aromatic rings. The van der Waals surface area contributed by atoms with Crippen LogP contribution in [-0.2, 0) is 11.8 Å². The first-order chi connectivity index (χ1) is 6.50. The van der Waals surface area contributed by atoms with Gasteiger partial charge in [0.1, 0.15) is 5.75 Å². The molecule has 0 aliphatic carbocycles. The van der Waals surface area contributed by atoms with Crippen molar-refractivity contribution in [1.82, 2.24) is 0 Å². The van der Waals surface area contributed by atoms with Crippen LogP contribution in [0.5, 0.6) is 5.75 Å². The van der Waals surface area contributed by atoms with Crippen molar-refractivity contribution in [2.24, 2.45) is 0 Å². The second kappa shape index (κ2) is 3.16. The summed E-state index contributed by atoms with van der Waals surface area (Å²) in [5.41, 5.74) is 2.49. The molecule has 0 saturated heterocycles. The molecule has 1 aromatic carbocycles. The van der Waals surface area contributed by atoms with Gasteiger partial charge >= 0.3 is 0 Å². The maximum Gasteiger partial charge on any atom is 0.141 e. The van der Waals surface area contributed by atoms with Gasteiger partial charge in [-0.05, 0) is 16.5 Å². The van der Waals surface area contributed by atoms with Gasteiger partial charge < -0.3 is 4.74 Å². The van der Waals surface area contributed by atoms with Crippen molar-refractivity contribution in [3.8, 4) is 5.75 Å². The number of rotatable bonds is 0. The topological polar surface area (TPSA) is 9.23 Å². The second-order valence-corrected chi connectivity index (χ2v) is 5.14. The van der Waals surface area contributed by atoms with E-state index in [0.29, 0.717) is 0 Å². The SMILES string of the molecule is CC(C)(C)c1ccc2c(c1Cl)OCC2. The minimum Gasteiger partial charge on any atom is -0.491 e. The van der Waals surface area contributed by atoms with E-state index in [-0.39, 0.29) is 5.41 Å². The standard InChI is InChI=1S/C12H15ClO/c1-12(2,3)9-5-4-8-6-7-14-11(8)10(9)13/h4-5H,6-7H2,1-3H3. The molecule has 0 atom stereocenters. The fourth-order valence-electron chi connectivity index (χ4n) is 1.79. The molecule has 0 radical (unpaired) electrons. The zero-order valence-electron chi connectivity index (χ0n) is 8.86. The quantitative estimate of drug-likeness (QED) is 0.636. The summed E-state index contributed by atoms with van der Waals surface area (Å²) in [7, 11) is 0. The molecule has 0 amide bonds. The summed E-state index contributed by atoms with van der Waals surface area (Å²) < 4.78 is 5.53. The third kappa shape index (κ3) is 1.50. The molecule has 1 aliphatic rings. The van der Waals surface area contributed by atoms with Gasteiger partial charge in [0.2, 0.25) is 0 Å². The van der Waals surface area contributed by atoms with Gasteiger partial charge in [-0.1, -0.05) is 44.5 Å². The van der Waals surface area contributed by atoms with E-state index in [0.717, 1.165) is 23.8 Å². The molecule has 1 aliphatic heterocycles. The molecule has 2 rings (SSSR count). The van der Waals surface area contributed by atoms with Crippen LogP contribution in [-0.4, -0.2) is 6.61 Å². The molecule has 0 saturated carbocycles. The Kier molecular flexibility index (Phi) is 2.23. The number of fused-ring (bicyclic) bond motifs is 1. The Morgan fingerprint density at radius 1 is 1.29 bits per heavy atom. The van der Waals surface area contributed by atoms with Gasteiger partial charge in [0.15, 0.2) is 0 Å². The minimum absolute atomic E-state index is 0.0814. The molecule has 1 nitrogen and oxygen atoms in total. The summed E-state index contributed by atoms with van der Waals surface area (Å²) in [5, 5.41) is 0.799. The zero-order valence-corrected chi connectivity index (χ0v) is 9.61. The molecule has 0 N–H and O–H groups in total. The lowest BCUT2D eigenvalue weighted by molar-refractivity contribution is 0.356. The number of halogens is 1. The normalized spacial score (nSPS) is 15.1. The molecule has 0 fully saturated rings. The van der Waals surface area contributed by atoms with E-state index in [2.05, 4.69) is 32.9 Å². The first kappa shape index (κ1) is 9.85. The number of benzene rings is 1. The highest BCUT2D eigenvalue weighted by molar-refractivity contribution is 6.33. The predicted molar refractivity (Wildman–Crippen MR) is 59.4 cm³/mol. The molecule has 2 heteroatoms. The molecule has 14 heavy (non-hydrogen) atoms. The van der Waals surface area contributed by atoms with Crippen molar-refractivity contribution < 1.29 is 4.74 Å². The third-order valence-corrected chi connectivity index (χ3v) is 2.98. The fourth-order valence-corrected chi connectivity index (χ4v) is 2.31. The van der Waals surface area contributed by atoms with Crippen molar-refractivity contribution in [2.45, 2.75) is 32.6 Å². The van der Waals surface area contributed by atoms with E-state index in [1.54, 1.807) is 0 Å². The van der Waals surface area contributed by atoms with Gasteiger partial charge in [-0.25, -0.2) is 0 Å². The smallest absolute Gasteiger partial charge is 0.141 e. The second-order valence-electron chi connectivity index (χ2n) is 4.76. The summed E-state index contributed by atoms with van der Waals surface area (Å²) >= 11 is 6.31. The molecular formula is C12H15ClO. The molecular weight excluding hydrogens is 196 g/mol. The number of hydrogen-bond acceptors (Lipinski definition) is 1. The lowest BCUT2D eigenvalue weighted by Crippen LogP contribution is -2.12. The summed E-state index contributed by atoms with van der Waals surface area (Å²) in [5.74, 6) is 0.902. The third-order valence-electron chi connectivity index (χ3n) is 2.60. The van der Waals surface area contributed by atoms with Crippen LogP contribution in [0.15, 0.2) is 12.1 Å². The summed E-state index contributed by atoms with van der Waals surface area (Å²) in [6, 6.07) is 4.25. The van der Waals surface area contributed by atoms with Crippen molar-refractivity contribution >= 4 is 11.6 Å². The first-order valence-corrected chi connectivity index (χ1v) is 5.32. The summed E-state index contributed by atoms with van der Waals surface area (Å²) in [6.07, 6.45) is 0.986. The molecule has 76 valence electrons. The van der Waals surface area contributed by atoms with E-state index < -0.39 is 0 Å². The average molecular weight is 211 g/mol. The molecule has 0 aromatic heterocycles. The van der Waals surface area contributed by atoms with Gasteiger partial charge in [0, 0.05) is 6.42 Å². The molecule has 0 bridgehead atoms. The van der Waals surface area contributed by atoms with Crippen LogP contribution in [0.3, 0.4) is 0 Å². The van der Waals surface area contributed by atoms with Gasteiger partial charge in [0.25, 0.3) is 0 Å². The van der Waals surface area contributed by atoms with Gasteiger partial charge in [-0.3, -0.25) is 0 Å². The predicted octanol–water partition coefficient (Wildman–Crippen LogP) is 3.57. The van der Waals surface area contributed by atoms with Gasteiger partial charge in [0.05, 0.1) is 11.6 Å². The monoisotopic (exact) mass is 210 g/mol. The summed E-state index contributed by atoms with van der Waals surface area (Å²) in [6.45, 7) is 7.25. The van der Waals surface area contributed by atoms with Crippen LogP contribution in [0.25, 0.3) is 0 Å². The molecule has 0 unspecified atom stereocenters. The summed E-state index contributed by atoms with van der Waals surface area (Å²) in [4.78, 5) is 0. The van der Waals surface area contributed by atoms with Crippen LogP contribution in [0.1, 0.15) is 31.9 Å². The van der Waals surface area contributed by atoms with Crippen molar-refractivity contribution in [3.05, 3.63) is 28.3 Å². The van der Waals surface area contributed by atoms with Crippen LogP contribution in [0.2, 0.25) is 5.02 Å². The van der Waals surface area contributed by atoms with Crippen molar-refractivity contribution in [1.29, 1.82) is 0 Å². The van der Waals surface area contributed by atoms with Crippen LogP contribution < -0.4 is 4.74 Å². The Morgan fingerprint density at radius 3 is 2.64 bits per heavy atom. The lowest BCUT2D eigenvalue weighted by atomic mass is 9.86. The van der Waals surface area contributed by atoms with Crippen molar-refractivity contribution in [3.63, 3.8) is 0 Å². The van der Waals surface area contributed by atoms with E-state index in [4.69, 9.17) is 16.3 Å². The maximum absolute atomic E-state index is 6.31. The largest absolute Gasteiger partial charge is 0.491 e. The minimum atomic E-state index is 0.0814. The van der Waals surface area contributed by atoms with E-state index in [1.165, 1.54) is 11.1 Å². The van der Waals surface area contributed by atoms with Crippen LogP contribution >= 0.6 is 11.6 Å². The van der Waals surface area contributed by atoms with E-state index in [9.17, 15) is 0 Å². The Labute approximate surface area is 90.0 Å². The number of hydrogen-bond donors (Lipinski definition) is 0. The van der Waals surface area contributed by atoms with Gasteiger partial charge in [-0.2, -0.15) is 0 Å². The van der Waals surface area contributed by atoms with Gasteiger partial charge in [-0.15, -0.1) is 0 Å². The Hall–Kier alpha value is -0.690. The Bertz CT molecular complexity index is 363.